The monoisotopic (exact) mass is 459 g/mol. The number of rotatable bonds is 4. The number of imidazole rings is 1. The molecule has 0 bridgehead atoms. The molecule has 1 aromatic heterocycles. The maximum atomic E-state index is 12.7. The van der Waals surface area contributed by atoms with E-state index in [2.05, 4.69) is 15.3 Å². The Kier molecular flexibility index (Phi) is 5.27. The standard InChI is InChI=1S/C21H15Cl2N3O3S/c1-30(28,29)13-7-8-17(23)15(11-13)21(27)24-12-6-9-18-19(10-12)26-20(25-18)14-4-2-3-5-16(14)22/h2-11H,1H3,(H,24,27)(H,25,26). The molecule has 0 fully saturated rings. The highest BCUT2D eigenvalue weighted by atomic mass is 35.5. The molecule has 0 spiro atoms. The second-order valence-corrected chi connectivity index (χ2v) is 9.50. The van der Waals surface area contributed by atoms with Crippen LogP contribution in [0.25, 0.3) is 22.4 Å². The highest BCUT2D eigenvalue weighted by Crippen LogP contribution is 2.28. The Morgan fingerprint density at radius 2 is 1.77 bits per heavy atom. The molecule has 2 N–H and O–H groups in total. The zero-order valence-corrected chi connectivity index (χ0v) is 17.9. The van der Waals surface area contributed by atoms with Gasteiger partial charge in [0.15, 0.2) is 9.84 Å². The summed E-state index contributed by atoms with van der Waals surface area (Å²) in [4.78, 5) is 20.4. The number of aromatic amines is 1. The molecular formula is C21H15Cl2N3O3S. The summed E-state index contributed by atoms with van der Waals surface area (Å²) in [5.74, 6) is 0.0960. The molecule has 0 saturated carbocycles. The van der Waals surface area contributed by atoms with Crippen LogP contribution in [0.3, 0.4) is 0 Å². The number of amides is 1. The van der Waals surface area contributed by atoms with Crippen molar-refractivity contribution in [3.63, 3.8) is 0 Å². The lowest BCUT2D eigenvalue weighted by atomic mass is 10.2. The molecule has 0 atom stereocenters. The fourth-order valence-corrected chi connectivity index (χ4v) is 4.05. The highest BCUT2D eigenvalue weighted by Gasteiger charge is 2.16. The molecule has 1 heterocycles. The van der Waals surface area contributed by atoms with Gasteiger partial charge in [-0.3, -0.25) is 4.79 Å². The van der Waals surface area contributed by atoms with Gasteiger partial charge in [0.05, 0.1) is 31.5 Å². The van der Waals surface area contributed by atoms with Crippen LogP contribution in [0.1, 0.15) is 10.4 Å². The van der Waals surface area contributed by atoms with Crippen LogP contribution < -0.4 is 5.32 Å². The van der Waals surface area contributed by atoms with Crippen LogP contribution in [0.15, 0.2) is 65.6 Å². The normalized spacial score (nSPS) is 11.6. The molecule has 30 heavy (non-hydrogen) atoms. The van der Waals surface area contributed by atoms with Crippen molar-refractivity contribution < 1.29 is 13.2 Å². The van der Waals surface area contributed by atoms with Crippen LogP contribution in [0.4, 0.5) is 5.69 Å². The third-order valence-electron chi connectivity index (χ3n) is 4.48. The lowest BCUT2D eigenvalue weighted by Crippen LogP contribution is -2.13. The van der Waals surface area contributed by atoms with Gasteiger partial charge >= 0.3 is 0 Å². The summed E-state index contributed by atoms with van der Waals surface area (Å²) >= 11 is 12.3. The summed E-state index contributed by atoms with van der Waals surface area (Å²) in [6, 6.07) is 16.6. The predicted molar refractivity (Wildman–Crippen MR) is 119 cm³/mol. The molecule has 0 unspecified atom stereocenters. The maximum absolute atomic E-state index is 12.7. The average molecular weight is 460 g/mol. The van der Waals surface area contributed by atoms with Gasteiger partial charge in [0.2, 0.25) is 0 Å². The van der Waals surface area contributed by atoms with E-state index in [1.54, 1.807) is 24.3 Å². The first-order valence-electron chi connectivity index (χ1n) is 8.78. The summed E-state index contributed by atoms with van der Waals surface area (Å²) < 4.78 is 23.5. The van der Waals surface area contributed by atoms with Crippen molar-refractivity contribution in [1.82, 2.24) is 9.97 Å². The molecule has 4 aromatic rings. The molecule has 152 valence electrons. The average Bonchev–Trinajstić information content (AvgIpc) is 3.10. The number of H-pyrrole nitrogens is 1. The van der Waals surface area contributed by atoms with Gasteiger partial charge in [-0.15, -0.1) is 0 Å². The van der Waals surface area contributed by atoms with E-state index >= 15 is 0 Å². The van der Waals surface area contributed by atoms with Gasteiger partial charge in [0.1, 0.15) is 5.82 Å². The molecular weight excluding hydrogens is 445 g/mol. The van der Waals surface area contributed by atoms with Gasteiger partial charge in [-0.05, 0) is 48.5 Å². The van der Waals surface area contributed by atoms with Gasteiger partial charge in [-0.25, -0.2) is 13.4 Å². The molecule has 3 aromatic carbocycles. The maximum Gasteiger partial charge on any atom is 0.257 e. The van der Waals surface area contributed by atoms with Gasteiger partial charge < -0.3 is 10.3 Å². The van der Waals surface area contributed by atoms with Crippen LogP contribution in [-0.4, -0.2) is 30.5 Å². The zero-order chi connectivity index (χ0) is 21.5. The van der Waals surface area contributed by atoms with E-state index in [0.717, 1.165) is 11.8 Å². The lowest BCUT2D eigenvalue weighted by Gasteiger charge is -2.08. The Morgan fingerprint density at radius 1 is 1.00 bits per heavy atom. The van der Waals surface area contributed by atoms with Crippen molar-refractivity contribution in [2.45, 2.75) is 4.90 Å². The summed E-state index contributed by atoms with van der Waals surface area (Å²) in [7, 11) is -3.47. The number of nitrogens with zero attached hydrogens (tertiary/aromatic N) is 1. The number of carbonyl (C=O) groups is 1. The third-order valence-corrected chi connectivity index (χ3v) is 6.25. The van der Waals surface area contributed by atoms with E-state index in [-0.39, 0.29) is 15.5 Å². The molecule has 9 heteroatoms. The number of anilines is 1. The van der Waals surface area contributed by atoms with Crippen molar-refractivity contribution in [3.05, 3.63) is 76.3 Å². The topological polar surface area (TPSA) is 91.9 Å². The largest absolute Gasteiger partial charge is 0.338 e. The van der Waals surface area contributed by atoms with Crippen molar-refractivity contribution in [3.8, 4) is 11.4 Å². The first-order valence-corrected chi connectivity index (χ1v) is 11.4. The minimum Gasteiger partial charge on any atom is -0.338 e. The third kappa shape index (κ3) is 4.05. The Labute approximate surface area is 182 Å². The smallest absolute Gasteiger partial charge is 0.257 e. The summed E-state index contributed by atoms with van der Waals surface area (Å²) in [6.45, 7) is 0. The molecule has 0 saturated heterocycles. The number of aromatic nitrogens is 2. The molecule has 0 radical (unpaired) electrons. The molecule has 0 aliphatic carbocycles. The minimum absolute atomic E-state index is 0.0189. The highest BCUT2D eigenvalue weighted by molar-refractivity contribution is 7.90. The zero-order valence-electron chi connectivity index (χ0n) is 15.6. The number of halogens is 2. The van der Waals surface area contributed by atoms with Crippen molar-refractivity contribution in [2.24, 2.45) is 0 Å². The van der Waals surface area contributed by atoms with E-state index in [0.29, 0.717) is 27.6 Å². The summed E-state index contributed by atoms with van der Waals surface area (Å²) in [5, 5.41) is 3.47. The van der Waals surface area contributed by atoms with Gasteiger partial charge in [-0.1, -0.05) is 35.3 Å². The van der Waals surface area contributed by atoms with E-state index in [4.69, 9.17) is 23.2 Å². The summed E-state index contributed by atoms with van der Waals surface area (Å²) in [5.41, 5.74) is 2.76. The summed E-state index contributed by atoms with van der Waals surface area (Å²) in [6.07, 6.45) is 1.07. The first-order chi connectivity index (χ1) is 14.2. The molecule has 1 amide bonds. The second kappa shape index (κ2) is 7.75. The minimum atomic E-state index is -3.47. The van der Waals surface area contributed by atoms with Crippen LogP contribution in [0, 0.1) is 0 Å². The van der Waals surface area contributed by atoms with Crippen molar-refractivity contribution in [1.29, 1.82) is 0 Å². The van der Waals surface area contributed by atoms with Gasteiger partial charge in [0, 0.05) is 17.5 Å². The first kappa shape index (κ1) is 20.4. The van der Waals surface area contributed by atoms with Gasteiger partial charge in [-0.2, -0.15) is 0 Å². The quantitative estimate of drug-likeness (QED) is 0.438. The fraction of sp³-hybridized carbons (Fsp3) is 0.0476. The predicted octanol–water partition coefficient (Wildman–Crippen LogP) is 5.19. The van der Waals surface area contributed by atoms with E-state index in [1.807, 2.05) is 18.2 Å². The second-order valence-electron chi connectivity index (χ2n) is 6.67. The van der Waals surface area contributed by atoms with Crippen LogP contribution in [0.2, 0.25) is 10.0 Å². The number of sulfone groups is 1. The number of benzene rings is 3. The fourth-order valence-electron chi connectivity index (χ4n) is 2.98. The molecule has 0 aliphatic heterocycles. The molecule has 6 nitrogen and oxygen atoms in total. The lowest BCUT2D eigenvalue weighted by molar-refractivity contribution is 0.102. The van der Waals surface area contributed by atoms with E-state index in [1.165, 1.54) is 18.2 Å². The Bertz CT molecular complexity index is 1400. The number of nitrogens with one attached hydrogen (secondary N) is 2. The Hall–Kier alpha value is -2.87. The van der Waals surface area contributed by atoms with E-state index in [9.17, 15) is 13.2 Å². The van der Waals surface area contributed by atoms with Crippen LogP contribution in [-0.2, 0) is 9.84 Å². The van der Waals surface area contributed by atoms with Crippen molar-refractivity contribution >= 4 is 55.7 Å². The molecule has 0 aliphatic rings. The molecule has 4 rings (SSSR count). The Morgan fingerprint density at radius 3 is 2.50 bits per heavy atom. The van der Waals surface area contributed by atoms with Crippen LogP contribution in [0.5, 0.6) is 0 Å². The number of hydrogen-bond donors (Lipinski definition) is 2. The number of fused-ring (bicyclic) bond motifs is 1. The number of hydrogen-bond acceptors (Lipinski definition) is 4. The van der Waals surface area contributed by atoms with Crippen LogP contribution >= 0.6 is 23.2 Å². The van der Waals surface area contributed by atoms with Crippen molar-refractivity contribution in [2.75, 3.05) is 11.6 Å². The number of carbonyl (C=O) groups excluding carboxylic acids is 1. The van der Waals surface area contributed by atoms with Gasteiger partial charge in [0.25, 0.3) is 5.91 Å². The Balaban J connectivity index is 1.65. The van der Waals surface area contributed by atoms with E-state index < -0.39 is 15.7 Å². The SMILES string of the molecule is CS(=O)(=O)c1ccc(Cl)c(C(=O)Nc2ccc3nc(-c4ccccc4Cl)[nH]c3c2)c1.